The molecule has 2 heterocycles. The predicted octanol–water partition coefficient (Wildman–Crippen LogP) is 2.25. The molecule has 1 aromatic heterocycles. The number of anilines is 1. The van der Waals surface area contributed by atoms with Crippen molar-refractivity contribution in [2.75, 3.05) is 18.0 Å². The van der Waals surface area contributed by atoms with E-state index in [0.717, 1.165) is 5.56 Å². The number of nitrogens with one attached hydrogen (secondary N) is 1. The second kappa shape index (κ2) is 7.73. The summed E-state index contributed by atoms with van der Waals surface area (Å²) < 4.78 is 19.5. The highest BCUT2D eigenvalue weighted by Crippen LogP contribution is 2.24. The third-order valence-electron chi connectivity index (χ3n) is 3.78. The molecule has 0 bridgehead atoms. The number of cyclic esters (lactones) is 1. The molecule has 0 unspecified atom stereocenters. The van der Waals surface area contributed by atoms with Crippen molar-refractivity contribution in [3.05, 3.63) is 53.9 Å². The van der Waals surface area contributed by atoms with Gasteiger partial charge in [0.15, 0.2) is 0 Å². The van der Waals surface area contributed by atoms with Gasteiger partial charge in [-0.25, -0.2) is 19.2 Å². The van der Waals surface area contributed by atoms with Gasteiger partial charge in [-0.15, -0.1) is 0 Å². The molecule has 8 heteroatoms. The molecular formula is C18H17FN4O3. The van der Waals surface area contributed by atoms with Crippen molar-refractivity contribution in [3.63, 3.8) is 0 Å². The van der Waals surface area contributed by atoms with Gasteiger partial charge in [0.1, 0.15) is 18.2 Å². The maximum absolute atomic E-state index is 14.4. The summed E-state index contributed by atoms with van der Waals surface area (Å²) in [6, 6.07) is 4.51. The minimum absolute atomic E-state index is 0.203. The number of amides is 2. The highest BCUT2D eigenvalue weighted by Gasteiger charge is 2.32. The van der Waals surface area contributed by atoms with Crippen LogP contribution in [0, 0.1) is 5.82 Å². The number of carbonyl (C=O) groups is 2. The number of rotatable bonds is 5. The number of aromatic nitrogens is 2. The Balaban J connectivity index is 1.70. The highest BCUT2D eigenvalue weighted by atomic mass is 19.1. The van der Waals surface area contributed by atoms with Gasteiger partial charge in [0.25, 0.3) is 0 Å². The Kier molecular flexibility index (Phi) is 5.21. The molecule has 0 radical (unpaired) electrons. The normalized spacial score (nSPS) is 16.8. The summed E-state index contributed by atoms with van der Waals surface area (Å²) in [5.74, 6) is -0.667. The lowest BCUT2D eigenvalue weighted by Crippen LogP contribution is -2.33. The Labute approximate surface area is 149 Å². The van der Waals surface area contributed by atoms with Crippen LogP contribution in [0.25, 0.3) is 12.2 Å². The fraction of sp³-hybridized carbons (Fsp3) is 0.222. The predicted molar refractivity (Wildman–Crippen MR) is 93.7 cm³/mol. The first-order valence-electron chi connectivity index (χ1n) is 7.98. The molecule has 26 heavy (non-hydrogen) atoms. The van der Waals surface area contributed by atoms with Gasteiger partial charge in [-0.2, -0.15) is 0 Å². The molecule has 2 amide bonds. The lowest BCUT2D eigenvalue weighted by atomic mass is 10.1. The van der Waals surface area contributed by atoms with E-state index in [1.807, 2.05) is 0 Å². The van der Waals surface area contributed by atoms with Crippen molar-refractivity contribution in [1.82, 2.24) is 15.3 Å². The molecule has 1 N–H and O–H groups in total. The van der Waals surface area contributed by atoms with Crippen molar-refractivity contribution in [2.24, 2.45) is 0 Å². The monoisotopic (exact) mass is 356 g/mol. The molecule has 0 aliphatic carbocycles. The average Bonchev–Trinajstić information content (AvgIpc) is 3.00. The first-order valence-corrected chi connectivity index (χ1v) is 7.98. The first kappa shape index (κ1) is 17.5. The molecule has 1 aliphatic heterocycles. The summed E-state index contributed by atoms with van der Waals surface area (Å²) in [5.41, 5.74) is 1.53. The Bertz CT molecular complexity index is 842. The number of halogens is 1. The molecule has 0 spiro atoms. The molecule has 1 aliphatic rings. The third kappa shape index (κ3) is 4.21. The Hall–Kier alpha value is -3.29. The smallest absolute Gasteiger partial charge is 0.414 e. The van der Waals surface area contributed by atoms with E-state index in [9.17, 15) is 14.0 Å². The van der Waals surface area contributed by atoms with Crippen LogP contribution in [0.3, 0.4) is 0 Å². The maximum Gasteiger partial charge on any atom is 0.414 e. The van der Waals surface area contributed by atoms with Crippen LogP contribution in [-0.4, -0.2) is 41.2 Å². The van der Waals surface area contributed by atoms with Crippen LogP contribution in [0.5, 0.6) is 0 Å². The number of hydrogen-bond acceptors (Lipinski definition) is 5. The standard InChI is InChI=1S/C18H17FN4O3/c1-12(24)22-9-16-10-23(18(25)26-16)15-5-4-14(17(19)6-15)3-2-13-7-20-11-21-8-13/h2-8,11,16H,9-10H2,1H3,(H,22,24)/b3-2+/t16-/m0/s1. The van der Waals surface area contributed by atoms with Crippen molar-refractivity contribution < 1.29 is 18.7 Å². The number of benzene rings is 1. The molecule has 1 atom stereocenters. The van der Waals surface area contributed by atoms with E-state index in [1.54, 1.807) is 36.7 Å². The number of ether oxygens (including phenoxy) is 1. The molecule has 3 rings (SSSR count). The van der Waals surface area contributed by atoms with Gasteiger partial charge in [-0.1, -0.05) is 12.2 Å². The van der Waals surface area contributed by atoms with E-state index in [-0.39, 0.29) is 19.0 Å². The highest BCUT2D eigenvalue weighted by molar-refractivity contribution is 5.90. The van der Waals surface area contributed by atoms with Crippen LogP contribution >= 0.6 is 0 Å². The van der Waals surface area contributed by atoms with Gasteiger partial charge in [-0.3, -0.25) is 9.69 Å². The summed E-state index contributed by atoms with van der Waals surface area (Å²) in [6.07, 6.45) is 6.93. The molecule has 0 saturated carbocycles. The van der Waals surface area contributed by atoms with Crippen LogP contribution in [0.4, 0.5) is 14.9 Å². The molecule has 1 fully saturated rings. The van der Waals surface area contributed by atoms with Crippen LogP contribution in [0.15, 0.2) is 36.9 Å². The lowest BCUT2D eigenvalue weighted by molar-refractivity contribution is -0.119. The SMILES string of the molecule is CC(=O)NC[C@H]1CN(c2ccc(/C=C/c3cncnc3)c(F)c2)C(=O)O1. The van der Waals surface area contributed by atoms with Crippen molar-refractivity contribution in [2.45, 2.75) is 13.0 Å². The van der Waals surface area contributed by atoms with E-state index in [4.69, 9.17) is 4.74 Å². The van der Waals surface area contributed by atoms with Crippen molar-refractivity contribution in [3.8, 4) is 0 Å². The minimum Gasteiger partial charge on any atom is -0.442 e. The number of nitrogens with zero attached hydrogens (tertiary/aromatic N) is 3. The molecule has 1 aromatic carbocycles. The summed E-state index contributed by atoms with van der Waals surface area (Å²) in [7, 11) is 0. The van der Waals surface area contributed by atoms with Crippen LogP contribution in [0.2, 0.25) is 0 Å². The van der Waals surface area contributed by atoms with Gasteiger partial charge in [0.2, 0.25) is 5.91 Å². The van der Waals surface area contributed by atoms with Crippen molar-refractivity contribution >= 4 is 29.8 Å². The molecule has 134 valence electrons. The van der Waals surface area contributed by atoms with Gasteiger partial charge in [0.05, 0.1) is 18.8 Å². The van der Waals surface area contributed by atoms with Crippen LogP contribution in [-0.2, 0) is 9.53 Å². The van der Waals surface area contributed by atoms with Gasteiger partial charge in [-0.05, 0) is 18.2 Å². The summed E-state index contributed by atoms with van der Waals surface area (Å²) in [4.78, 5) is 32.0. The third-order valence-corrected chi connectivity index (χ3v) is 3.78. The average molecular weight is 356 g/mol. The first-order chi connectivity index (χ1) is 12.5. The summed E-state index contributed by atoms with van der Waals surface area (Å²) >= 11 is 0. The van der Waals surface area contributed by atoms with E-state index >= 15 is 0 Å². The zero-order valence-corrected chi connectivity index (χ0v) is 14.1. The molecular weight excluding hydrogens is 339 g/mol. The zero-order valence-electron chi connectivity index (χ0n) is 14.1. The topological polar surface area (TPSA) is 84.4 Å². The fourth-order valence-electron chi connectivity index (χ4n) is 2.50. The van der Waals surface area contributed by atoms with E-state index in [2.05, 4.69) is 15.3 Å². The Morgan fingerprint density at radius 1 is 1.38 bits per heavy atom. The van der Waals surface area contributed by atoms with Gasteiger partial charge in [0, 0.05) is 30.4 Å². The van der Waals surface area contributed by atoms with E-state index in [0.29, 0.717) is 11.3 Å². The van der Waals surface area contributed by atoms with Crippen molar-refractivity contribution in [1.29, 1.82) is 0 Å². The molecule has 2 aromatic rings. The zero-order chi connectivity index (χ0) is 18.5. The lowest BCUT2D eigenvalue weighted by Gasteiger charge is -2.13. The second-order valence-electron chi connectivity index (χ2n) is 5.76. The largest absolute Gasteiger partial charge is 0.442 e. The summed E-state index contributed by atoms with van der Waals surface area (Å²) in [5, 5.41) is 2.60. The molecule has 7 nitrogen and oxygen atoms in total. The summed E-state index contributed by atoms with van der Waals surface area (Å²) in [6.45, 7) is 1.85. The van der Waals surface area contributed by atoms with E-state index < -0.39 is 18.0 Å². The van der Waals surface area contributed by atoms with Gasteiger partial charge >= 0.3 is 6.09 Å². The maximum atomic E-state index is 14.4. The fourth-order valence-corrected chi connectivity index (χ4v) is 2.50. The van der Waals surface area contributed by atoms with Crippen LogP contribution in [0.1, 0.15) is 18.1 Å². The quantitative estimate of drug-likeness (QED) is 0.888. The Morgan fingerprint density at radius 3 is 2.85 bits per heavy atom. The van der Waals surface area contributed by atoms with Crippen LogP contribution < -0.4 is 10.2 Å². The number of hydrogen-bond donors (Lipinski definition) is 1. The second-order valence-corrected chi connectivity index (χ2v) is 5.76. The molecule has 1 saturated heterocycles. The van der Waals surface area contributed by atoms with E-state index in [1.165, 1.54) is 24.2 Å². The Morgan fingerprint density at radius 2 is 2.15 bits per heavy atom. The number of carbonyl (C=O) groups excluding carboxylic acids is 2. The minimum atomic E-state index is -0.565. The van der Waals surface area contributed by atoms with Gasteiger partial charge < -0.3 is 10.1 Å².